The van der Waals surface area contributed by atoms with E-state index in [1.165, 1.54) is 30.0 Å². The minimum atomic E-state index is -0.680. The maximum Gasteiger partial charge on any atom is 0.256 e. The molecule has 0 saturated heterocycles. The second-order valence-corrected chi connectivity index (χ2v) is 10.1. The number of nitrogens with one attached hydrogen (secondary N) is 1. The number of nitrogens with zero attached hydrogens (tertiary/aromatic N) is 3. The predicted molar refractivity (Wildman–Crippen MR) is 135 cm³/mol. The van der Waals surface area contributed by atoms with Gasteiger partial charge in [-0.05, 0) is 54.1 Å². The van der Waals surface area contributed by atoms with Crippen molar-refractivity contribution in [2.75, 3.05) is 0 Å². The van der Waals surface area contributed by atoms with Gasteiger partial charge in [0.1, 0.15) is 5.82 Å². The summed E-state index contributed by atoms with van der Waals surface area (Å²) in [5.41, 5.74) is 1.78. The molecule has 0 radical (unpaired) electrons. The zero-order valence-electron chi connectivity index (χ0n) is 16.9. The van der Waals surface area contributed by atoms with Gasteiger partial charge in [0.25, 0.3) is 5.91 Å². The van der Waals surface area contributed by atoms with E-state index in [-0.39, 0.29) is 17.1 Å². The average Bonchev–Trinajstić information content (AvgIpc) is 3.20. The van der Waals surface area contributed by atoms with E-state index in [1.807, 2.05) is 53.1 Å². The minimum Gasteiger partial charge on any atom is -0.345 e. The maximum atomic E-state index is 14.1. The molecular formula is C23H16Br2ClFN4OS. The highest BCUT2D eigenvalue weighted by atomic mass is 79.9. The van der Waals surface area contributed by atoms with Crippen LogP contribution in [0.5, 0.6) is 0 Å². The van der Waals surface area contributed by atoms with Gasteiger partial charge < -0.3 is 5.32 Å². The summed E-state index contributed by atoms with van der Waals surface area (Å²) in [7, 11) is 0. The summed E-state index contributed by atoms with van der Waals surface area (Å²) in [6.45, 7) is 0.0470. The van der Waals surface area contributed by atoms with E-state index >= 15 is 0 Å². The summed E-state index contributed by atoms with van der Waals surface area (Å²) < 4.78 is 17.9. The molecule has 4 aromatic rings. The van der Waals surface area contributed by atoms with E-state index in [0.29, 0.717) is 16.7 Å². The summed E-state index contributed by atoms with van der Waals surface area (Å²) in [5.74, 6) is -0.0943. The molecule has 0 fully saturated rings. The van der Waals surface area contributed by atoms with Crippen molar-refractivity contribution in [3.63, 3.8) is 0 Å². The molecule has 0 aliphatic rings. The van der Waals surface area contributed by atoms with E-state index in [2.05, 4.69) is 47.4 Å². The summed E-state index contributed by atoms with van der Waals surface area (Å²) in [6.07, 6.45) is 0. The van der Waals surface area contributed by atoms with Gasteiger partial charge in [0.15, 0.2) is 11.0 Å². The van der Waals surface area contributed by atoms with Crippen molar-refractivity contribution in [2.45, 2.75) is 17.5 Å². The van der Waals surface area contributed by atoms with Crippen LogP contribution in [0.3, 0.4) is 0 Å². The van der Waals surface area contributed by atoms with E-state index in [9.17, 15) is 9.18 Å². The SMILES string of the molecule is O=C(NCc1nnc(SCc2ccc(Br)cc2)n1-c1ccc(Br)cc1)c1c(F)cccc1Cl. The first-order valence-electron chi connectivity index (χ1n) is 9.72. The third-order valence-electron chi connectivity index (χ3n) is 4.66. The highest BCUT2D eigenvalue weighted by molar-refractivity contribution is 9.10. The molecule has 0 aliphatic heterocycles. The molecular weight excluding hydrogens is 595 g/mol. The lowest BCUT2D eigenvalue weighted by Gasteiger charge is -2.12. The topological polar surface area (TPSA) is 59.8 Å². The first-order chi connectivity index (χ1) is 15.9. The van der Waals surface area contributed by atoms with Crippen LogP contribution < -0.4 is 5.32 Å². The number of amides is 1. The number of aromatic nitrogens is 3. The lowest BCUT2D eigenvalue weighted by Crippen LogP contribution is -2.26. The van der Waals surface area contributed by atoms with Crippen molar-refractivity contribution in [3.8, 4) is 5.69 Å². The largest absolute Gasteiger partial charge is 0.345 e. The van der Waals surface area contributed by atoms with Crippen LogP contribution in [0.1, 0.15) is 21.7 Å². The fourth-order valence-corrected chi connectivity index (χ4v) is 4.75. The standard InChI is InChI=1S/C23H16Br2ClFN4OS/c24-15-6-4-14(5-7-15)13-33-23-30-29-20(31(23)17-10-8-16(25)9-11-17)12-28-22(32)21-18(26)2-1-3-19(21)27/h1-11H,12-13H2,(H,28,32). The van der Waals surface area contributed by atoms with Gasteiger partial charge in [-0.2, -0.15) is 0 Å². The Hall–Kier alpha value is -2.20. The Morgan fingerprint density at radius 1 is 1.00 bits per heavy atom. The number of carbonyl (C=O) groups excluding carboxylic acids is 1. The molecule has 0 atom stereocenters. The third kappa shape index (κ3) is 5.84. The number of carbonyl (C=O) groups is 1. The Labute approximate surface area is 216 Å². The number of thioether (sulfide) groups is 1. The number of rotatable bonds is 7. The highest BCUT2D eigenvalue weighted by Crippen LogP contribution is 2.27. The van der Waals surface area contributed by atoms with Crippen molar-refractivity contribution < 1.29 is 9.18 Å². The summed E-state index contributed by atoms with van der Waals surface area (Å²) >= 11 is 14.4. The van der Waals surface area contributed by atoms with Gasteiger partial charge in [0, 0.05) is 20.4 Å². The van der Waals surface area contributed by atoms with Gasteiger partial charge >= 0.3 is 0 Å². The Kier molecular flexibility index (Phi) is 7.85. The molecule has 1 amide bonds. The first kappa shape index (κ1) is 23.9. The van der Waals surface area contributed by atoms with Crippen molar-refractivity contribution in [1.82, 2.24) is 20.1 Å². The first-order valence-corrected chi connectivity index (χ1v) is 12.7. The van der Waals surface area contributed by atoms with Gasteiger partial charge in [-0.1, -0.05) is 73.4 Å². The zero-order chi connectivity index (χ0) is 23.4. The predicted octanol–water partition coefficient (Wildman–Crippen LogP) is 6.81. The van der Waals surface area contributed by atoms with Crippen molar-refractivity contribution >= 4 is 61.1 Å². The Morgan fingerprint density at radius 3 is 2.33 bits per heavy atom. The van der Waals surface area contributed by atoms with Crippen LogP contribution in [0.25, 0.3) is 5.69 Å². The summed E-state index contributed by atoms with van der Waals surface area (Å²) in [5, 5.41) is 12.0. The summed E-state index contributed by atoms with van der Waals surface area (Å²) in [4.78, 5) is 12.6. The number of hydrogen-bond acceptors (Lipinski definition) is 4. The molecule has 1 aromatic heterocycles. The average molecular weight is 611 g/mol. The molecule has 0 bridgehead atoms. The lowest BCUT2D eigenvalue weighted by molar-refractivity contribution is 0.0945. The van der Waals surface area contributed by atoms with Gasteiger partial charge in [0.05, 0.1) is 17.1 Å². The molecule has 10 heteroatoms. The normalized spacial score (nSPS) is 10.9. The molecule has 5 nitrogen and oxygen atoms in total. The molecule has 1 N–H and O–H groups in total. The van der Waals surface area contributed by atoms with Crippen LogP contribution in [0, 0.1) is 5.82 Å². The number of halogens is 4. The highest BCUT2D eigenvalue weighted by Gasteiger charge is 2.19. The maximum absolute atomic E-state index is 14.1. The van der Waals surface area contributed by atoms with Crippen molar-refractivity contribution in [1.29, 1.82) is 0 Å². The van der Waals surface area contributed by atoms with Crippen LogP contribution in [-0.2, 0) is 12.3 Å². The van der Waals surface area contributed by atoms with Crippen LogP contribution in [0.15, 0.2) is 80.8 Å². The van der Waals surface area contributed by atoms with Crippen LogP contribution in [0.4, 0.5) is 4.39 Å². The quantitative estimate of drug-likeness (QED) is 0.234. The Bertz CT molecular complexity index is 1260. The zero-order valence-corrected chi connectivity index (χ0v) is 21.7. The van der Waals surface area contributed by atoms with Gasteiger partial charge in [0.2, 0.25) is 0 Å². The van der Waals surface area contributed by atoms with E-state index in [4.69, 9.17) is 11.6 Å². The third-order valence-corrected chi connectivity index (χ3v) is 7.04. The smallest absolute Gasteiger partial charge is 0.256 e. The van der Waals surface area contributed by atoms with Crippen LogP contribution in [0.2, 0.25) is 5.02 Å². The van der Waals surface area contributed by atoms with Crippen LogP contribution >= 0.6 is 55.2 Å². The monoisotopic (exact) mass is 608 g/mol. The fourth-order valence-electron chi connectivity index (χ4n) is 3.05. The Morgan fingerprint density at radius 2 is 1.67 bits per heavy atom. The molecule has 0 aliphatic carbocycles. The molecule has 1 heterocycles. The molecule has 0 spiro atoms. The van der Waals surface area contributed by atoms with Crippen molar-refractivity contribution in [3.05, 3.63) is 103 Å². The van der Waals surface area contributed by atoms with Crippen molar-refractivity contribution in [2.24, 2.45) is 0 Å². The number of hydrogen-bond donors (Lipinski definition) is 1. The molecule has 0 saturated carbocycles. The molecule has 3 aromatic carbocycles. The molecule has 33 heavy (non-hydrogen) atoms. The lowest BCUT2D eigenvalue weighted by atomic mass is 10.2. The molecule has 168 valence electrons. The van der Waals surface area contributed by atoms with E-state index in [1.54, 1.807) is 0 Å². The second kappa shape index (κ2) is 10.8. The van der Waals surface area contributed by atoms with E-state index < -0.39 is 11.7 Å². The van der Waals surface area contributed by atoms with Gasteiger partial charge in [-0.25, -0.2) is 4.39 Å². The second-order valence-electron chi connectivity index (χ2n) is 6.91. The molecule has 4 rings (SSSR count). The summed E-state index contributed by atoms with van der Waals surface area (Å²) in [6, 6.07) is 19.9. The fraction of sp³-hybridized carbons (Fsp3) is 0.0870. The van der Waals surface area contributed by atoms with Gasteiger partial charge in [-0.15, -0.1) is 10.2 Å². The Balaban J connectivity index is 1.58. The molecule has 0 unspecified atom stereocenters. The number of benzene rings is 3. The van der Waals surface area contributed by atoms with E-state index in [0.717, 1.165) is 20.2 Å². The minimum absolute atomic E-state index is 0.0470. The van der Waals surface area contributed by atoms with Crippen LogP contribution in [-0.4, -0.2) is 20.7 Å². The van der Waals surface area contributed by atoms with Gasteiger partial charge in [-0.3, -0.25) is 9.36 Å².